The lowest BCUT2D eigenvalue weighted by molar-refractivity contribution is -0.137. The Morgan fingerprint density at radius 3 is 2.45 bits per heavy atom. The van der Waals surface area contributed by atoms with E-state index < -0.39 is 5.97 Å². The van der Waals surface area contributed by atoms with Crippen LogP contribution >= 0.6 is 0 Å². The number of carboxylic acid groups (broad SMARTS) is 1. The lowest BCUT2D eigenvalue weighted by atomic mass is 9.93. The first-order valence-corrected chi connectivity index (χ1v) is 7.87. The van der Waals surface area contributed by atoms with Gasteiger partial charge in [-0.2, -0.15) is 0 Å². The van der Waals surface area contributed by atoms with Crippen molar-refractivity contribution in [1.29, 1.82) is 0 Å². The number of aliphatic carboxylic acids is 1. The molecule has 5 nitrogen and oxygen atoms in total. The van der Waals surface area contributed by atoms with Gasteiger partial charge in [0.2, 0.25) is 5.91 Å². The number of unbranched alkanes of at least 4 members (excludes halogenated alkanes) is 3. The summed E-state index contributed by atoms with van der Waals surface area (Å²) in [5, 5.41) is 14.8. The molecule has 0 radical (unpaired) electrons. The number of amides is 1. The number of piperidine rings is 1. The van der Waals surface area contributed by atoms with Gasteiger partial charge < -0.3 is 15.7 Å². The van der Waals surface area contributed by atoms with Crippen molar-refractivity contribution in [3.05, 3.63) is 0 Å². The van der Waals surface area contributed by atoms with Crippen LogP contribution in [0.3, 0.4) is 0 Å². The van der Waals surface area contributed by atoms with Crippen LogP contribution in [0.1, 0.15) is 57.8 Å². The Hall–Kier alpha value is -1.10. The third-order valence-corrected chi connectivity index (χ3v) is 3.88. The number of carboxylic acids is 1. The van der Waals surface area contributed by atoms with E-state index >= 15 is 0 Å². The highest BCUT2D eigenvalue weighted by Gasteiger charge is 2.14. The number of hydrogen-bond acceptors (Lipinski definition) is 3. The topological polar surface area (TPSA) is 78.4 Å². The molecule has 116 valence electrons. The molecule has 1 rings (SSSR count). The fourth-order valence-corrected chi connectivity index (χ4v) is 2.58. The maximum absolute atomic E-state index is 11.7. The van der Waals surface area contributed by atoms with E-state index in [1.807, 2.05) is 0 Å². The predicted molar refractivity (Wildman–Crippen MR) is 78.6 cm³/mol. The van der Waals surface area contributed by atoms with Crippen LogP contribution in [0.15, 0.2) is 0 Å². The van der Waals surface area contributed by atoms with Gasteiger partial charge in [0.15, 0.2) is 0 Å². The molecule has 0 aliphatic carbocycles. The quantitative estimate of drug-likeness (QED) is 0.536. The lowest BCUT2D eigenvalue weighted by Crippen LogP contribution is -2.29. The normalized spacial score (nSPS) is 16.0. The van der Waals surface area contributed by atoms with Gasteiger partial charge in [0.1, 0.15) is 0 Å². The number of hydrogen-bond donors (Lipinski definition) is 3. The minimum Gasteiger partial charge on any atom is -0.481 e. The molecule has 3 N–H and O–H groups in total. The Kier molecular flexibility index (Phi) is 9.04. The molecule has 0 saturated carbocycles. The zero-order chi connectivity index (χ0) is 14.6. The summed E-state index contributed by atoms with van der Waals surface area (Å²) in [6, 6.07) is 0. The third-order valence-electron chi connectivity index (χ3n) is 3.88. The second-order valence-corrected chi connectivity index (χ2v) is 5.64. The molecule has 0 spiro atoms. The molecule has 1 aliphatic heterocycles. The average Bonchev–Trinajstić information content (AvgIpc) is 2.45. The molecule has 1 aliphatic rings. The molecular formula is C15H28N2O3. The average molecular weight is 284 g/mol. The van der Waals surface area contributed by atoms with E-state index in [1.54, 1.807) is 0 Å². The smallest absolute Gasteiger partial charge is 0.303 e. The van der Waals surface area contributed by atoms with E-state index in [2.05, 4.69) is 10.6 Å². The van der Waals surface area contributed by atoms with Crippen molar-refractivity contribution in [3.8, 4) is 0 Å². The van der Waals surface area contributed by atoms with Gasteiger partial charge in [0.25, 0.3) is 0 Å². The SMILES string of the molecule is O=C(O)CCCCCCNC(=O)CCC1CCNCC1. The Morgan fingerprint density at radius 1 is 1.05 bits per heavy atom. The molecule has 1 amide bonds. The summed E-state index contributed by atoms with van der Waals surface area (Å²) >= 11 is 0. The highest BCUT2D eigenvalue weighted by Crippen LogP contribution is 2.17. The van der Waals surface area contributed by atoms with Crippen LogP contribution in [0.5, 0.6) is 0 Å². The molecule has 1 heterocycles. The van der Waals surface area contributed by atoms with Crippen molar-refractivity contribution >= 4 is 11.9 Å². The molecule has 0 aromatic rings. The number of carbonyl (C=O) groups is 2. The van der Waals surface area contributed by atoms with Crippen molar-refractivity contribution < 1.29 is 14.7 Å². The van der Waals surface area contributed by atoms with Gasteiger partial charge in [0, 0.05) is 19.4 Å². The van der Waals surface area contributed by atoms with Gasteiger partial charge in [-0.25, -0.2) is 0 Å². The summed E-state index contributed by atoms with van der Waals surface area (Å²) in [5.74, 6) is 0.142. The zero-order valence-electron chi connectivity index (χ0n) is 12.3. The second-order valence-electron chi connectivity index (χ2n) is 5.64. The number of rotatable bonds is 10. The maximum Gasteiger partial charge on any atom is 0.303 e. The van der Waals surface area contributed by atoms with E-state index in [0.717, 1.165) is 51.7 Å². The monoisotopic (exact) mass is 284 g/mol. The maximum atomic E-state index is 11.7. The summed E-state index contributed by atoms with van der Waals surface area (Å²) in [4.78, 5) is 22.0. The van der Waals surface area contributed by atoms with Crippen molar-refractivity contribution in [3.63, 3.8) is 0 Å². The van der Waals surface area contributed by atoms with Gasteiger partial charge in [-0.05, 0) is 51.1 Å². The van der Waals surface area contributed by atoms with Gasteiger partial charge in [0.05, 0.1) is 0 Å². The minimum absolute atomic E-state index is 0.161. The standard InChI is InChI=1S/C15H28N2O3/c18-14(7-6-13-8-11-16-12-9-13)17-10-4-2-1-3-5-15(19)20/h13,16H,1-12H2,(H,17,18)(H,19,20). The Morgan fingerprint density at radius 2 is 1.75 bits per heavy atom. The number of nitrogens with one attached hydrogen (secondary N) is 2. The van der Waals surface area contributed by atoms with Gasteiger partial charge in [-0.1, -0.05) is 12.8 Å². The molecule has 20 heavy (non-hydrogen) atoms. The summed E-state index contributed by atoms with van der Waals surface area (Å²) in [6.45, 7) is 2.89. The van der Waals surface area contributed by atoms with Gasteiger partial charge in [-0.15, -0.1) is 0 Å². The molecular weight excluding hydrogens is 256 g/mol. The molecule has 0 bridgehead atoms. The van der Waals surface area contributed by atoms with Gasteiger partial charge >= 0.3 is 5.97 Å². The Bertz CT molecular complexity index is 289. The van der Waals surface area contributed by atoms with Crippen LogP contribution < -0.4 is 10.6 Å². The van der Waals surface area contributed by atoms with Crippen LogP contribution in [0, 0.1) is 5.92 Å². The fraction of sp³-hybridized carbons (Fsp3) is 0.867. The lowest BCUT2D eigenvalue weighted by Gasteiger charge is -2.22. The largest absolute Gasteiger partial charge is 0.481 e. The van der Waals surface area contributed by atoms with Crippen molar-refractivity contribution in [2.24, 2.45) is 5.92 Å². The molecule has 0 atom stereocenters. The van der Waals surface area contributed by atoms with E-state index in [-0.39, 0.29) is 12.3 Å². The summed E-state index contributed by atoms with van der Waals surface area (Å²) in [6.07, 6.45) is 7.88. The van der Waals surface area contributed by atoms with E-state index in [9.17, 15) is 9.59 Å². The first-order valence-electron chi connectivity index (χ1n) is 7.87. The molecule has 0 unspecified atom stereocenters. The molecule has 0 aromatic heterocycles. The summed E-state index contributed by atoms with van der Waals surface area (Å²) in [5.41, 5.74) is 0. The van der Waals surface area contributed by atoms with Crippen LogP contribution in [0.4, 0.5) is 0 Å². The fourth-order valence-electron chi connectivity index (χ4n) is 2.58. The van der Waals surface area contributed by atoms with Crippen molar-refractivity contribution in [1.82, 2.24) is 10.6 Å². The third kappa shape index (κ3) is 8.91. The molecule has 5 heteroatoms. The van der Waals surface area contributed by atoms with Crippen LogP contribution in [0.2, 0.25) is 0 Å². The number of carbonyl (C=O) groups excluding carboxylic acids is 1. The van der Waals surface area contributed by atoms with Crippen LogP contribution in [0.25, 0.3) is 0 Å². The first-order chi connectivity index (χ1) is 9.68. The molecule has 1 fully saturated rings. The van der Waals surface area contributed by atoms with Crippen LogP contribution in [-0.4, -0.2) is 36.6 Å². The Balaban J connectivity index is 1.88. The highest BCUT2D eigenvalue weighted by atomic mass is 16.4. The molecule has 1 saturated heterocycles. The van der Waals surface area contributed by atoms with E-state index in [1.165, 1.54) is 12.8 Å². The van der Waals surface area contributed by atoms with Crippen molar-refractivity contribution in [2.45, 2.75) is 57.8 Å². The predicted octanol–water partition coefficient (Wildman–Crippen LogP) is 1.92. The summed E-state index contributed by atoms with van der Waals surface area (Å²) in [7, 11) is 0. The highest BCUT2D eigenvalue weighted by molar-refractivity contribution is 5.75. The minimum atomic E-state index is -0.726. The van der Waals surface area contributed by atoms with Crippen LogP contribution in [-0.2, 0) is 9.59 Å². The first kappa shape index (κ1) is 17.0. The van der Waals surface area contributed by atoms with Crippen molar-refractivity contribution in [2.75, 3.05) is 19.6 Å². The van der Waals surface area contributed by atoms with E-state index in [4.69, 9.17) is 5.11 Å². The Labute approximate surface area is 121 Å². The van der Waals surface area contributed by atoms with Gasteiger partial charge in [-0.3, -0.25) is 9.59 Å². The molecule has 0 aromatic carbocycles. The summed E-state index contributed by atoms with van der Waals surface area (Å²) < 4.78 is 0. The zero-order valence-corrected chi connectivity index (χ0v) is 12.3. The second kappa shape index (κ2) is 10.7. The van der Waals surface area contributed by atoms with E-state index in [0.29, 0.717) is 12.3 Å².